The van der Waals surface area contributed by atoms with Gasteiger partial charge in [0.25, 0.3) is 5.69 Å². The van der Waals surface area contributed by atoms with Crippen LogP contribution in [0.2, 0.25) is 5.02 Å². The zero-order valence-corrected chi connectivity index (χ0v) is 11.7. The first-order chi connectivity index (χ1) is 10.0. The summed E-state index contributed by atoms with van der Waals surface area (Å²) in [4.78, 5) is 22.2. The van der Waals surface area contributed by atoms with Crippen molar-refractivity contribution in [2.75, 3.05) is 7.11 Å². The average molecular weight is 308 g/mol. The van der Waals surface area contributed by atoms with Gasteiger partial charge in [0.1, 0.15) is 0 Å². The Labute approximate surface area is 125 Å². The molecule has 0 heterocycles. The Bertz CT molecular complexity index is 702. The molecule has 0 saturated carbocycles. The van der Waals surface area contributed by atoms with E-state index in [0.29, 0.717) is 5.02 Å². The minimum absolute atomic E-state index is 0.0309. The molecule has 0 bridgehead atoms. The third kappa shape index (κ3) is 3.49. The van der Waals surface area contributed by atoms with Gasteiger partial charge < -0.3 is 9.47 Å². The van der Waals surface area contributed by atoms with Crippen LogP contribution in [-0.4, -0.2) is 18.0 Å². The third-order valence-corrected chi connectivity index (χ3v) is 2.86. The maximum Gasteiger partial charge on any atom is 0.343 e. The van der Waals surface area contributed by atoms with Gasteiger partial charge in [-0.2, -0.15) is 0 Å². The number of rotatable bonds is 4. The zero-order valence-electron chi connectivity index (χ0n) is 10.9. The van der Waals surface area contributed by atoms with E-state index in [0.717, 1.165) is 6.07 Å². The van der Waals surface area contributed by atoms with Crippen molar-refractivity contribution in [2.45, 2.75) is 0 Å². The van der Waals surface area contributed by atoms with Crippen LogP contribution in [0.5, 0.6) is 11.5 Å². The molecule has 0 unspecified atom stereocenters. The predicted octanol–water partition coefficient (Wildman–Crippen LogP) is 3.48. The fourth-order valence-corrected chi connectivity index (χ4v) is 1.82. The van der Waals surface area contributed by atoms with E-state index in [2.05, 4.69) is 0 Å². The molecule has 0 saturated heterocycles. The van der Waals surface area contributed by atoms with E-state index in [9.17, 15) is 14.9 Å². The summed E-state index contributed by atoms with van der Waals surface area (Å²) in [6.07, 6.45) is 0. The van der Waals surface area contributed by atoms with Gasteiger partial charge in [-0.3, -0.25) is 10.1 Å². The number of esters is 1. The summed E-state index contributed by atoms with van der Waals surface area (Å²) < 4.78 is 10.2. The fourth-order valence-electron chi connectivity index (χ4n) is 1.63. The van der Waals surface area contributed by atoms with Gasteiger partial charge in [0, 0.05) is 11.1 Å². The second-order valence-electron chi connectivity index (χ2n) is 3.99. The number of carbonyl (C=O) groups is 1. The van der Waals surface area contributed by atoms with Crippen molar-refractivity contribution in [3.05, 3.63) is 63.2 Å². The van der Waals surface area contributed by atoms with Crippen LogP contribution in [0.25, 0.3) is 0 Å². The van der Waals surface area contributed by atoms with Crippen molar-refractivity contribution < 1.29 is 19.2 Å². The van der Waals surface area contributed by atoms with Gasteiger partial charge in [-0.15, -0.1) is 0 Å². The van der Waals surface area contributed by atoms with Gasteiger partial charge in [0.15, 0.2) is 11.5 Å². The van der Waals surface area contributed by atoms with E-state index >= 15 is 0 Å². The standard InChI is InChI=1S/C14H10ClNO5/c1-20-12-6-5-11(16(18)19)8-13(12)21-14(17)9-3-2-4-10(15)7-9/h2-8H,1H3. The summed E-state index contributed by atoms with van der Waals surface area (Å²) in [7, 11) is 1.37. The van der Waals surface area contributed by atoms with Crippen LogP contribution in [0.4, 0.5) is 5.69 Å². The van der Waals surface area contributed by atoms with E-state index in [1.807, 2.05) is 0 Å². The number of methoxy groups -OCH3 is 1. The Hall–Kier alpha value is -2.60. The van der Waals surface area contributed by atoms with Crippen molar-refractivity contribution in [1.29, 1.82) is 0 Å². The van der Waals surface area contributed by atoms with Gasteiger partial charge in [-0.25, -0.2) is 4.79 Å². The molecule has 0 radical (unpaired) electrons. The average Bonchev–Trinajstić information content (AvgIpc) is 2.47. The van der Waals surface area contributed by atoms with E-state index in [4.69, 9.17) is 21.1 Å². The maximum absolute atomic E-state index is 12.0. The second kappa shape index (κ2) is 6.23. The van der Waals surface area contributed by atoms with Gasteiger partial charge in [0.2, 0.25) is 0 Å². The molecule has 0 fully saturated rings. The summed E-state index contributed by atoms with van der Waals surface area (Å²) in [6.45, 7) is 0. The predicted molar refractivity (Wildman–Crippen MR) is 76.1 cm³/mol. The van der Waals surface area contributed by atoms with Crippen molar-refractivity contribution in [2.24, 2.45) is 0 Å². The molecule has 0 aliphatic heterocycles. The molecule has 0 aliphatic carbocycles. The molecule has 0 N–H and O–H groups in total. The zero-order chi connectivity index (χ0) is 15.4. The number of halogens is 1. The first-order valence-electron chi connectivity index (χ1n) is 5.81. The summed E-state index contributed by atoms with van der Waals surface area (Å²) in [6, 6.07) is 9.93. The molecule has 0 atom stereocenters. The molecule has 0 spiro atoms. The van der Waals surface area contributed by atoms with Crippen LogP contribution in [0.1, 0.15) is 10.4 Å². The van der Waals surface area contributed by atoms with E-state index < -0.39 is 10.9 Å². The molecule has 0 aromatic heterocycles. The Morgan fingerprint density at radius 1 is 1.19 bits per heavy atom. The summed E-state index contributed by atoms with van der Waals surface area (Å²) >= 11 is 5.80. The van der Waals surface area contributed by atoms with Crippen LogP contribution in [0.15, 0.2) is 42.5 Å². The van der Waals surface area contributed by atoms with Crippen LogP contribution >= 0.6 is 11.6 Å². The summed E-state index contributed by atoms with van der Waals surface area (Å²) in [5, 5.41) is 11.1. The van der Waals surface area contributed by atoms with Crippen LogP contribution in [0, 0.1) is 10.1 Å². The first kappa shape index (κ1) is 14.8. The Morgan fingerprint density at radius 3 is 2.57 bits per heavy atom. The highest BCUT2D eigenvalue weighted by Crippen LogP contribution is 2.31. The molecular weight excluding hydrogens is 298 g/mol. The number of benzene rings is 2. The van der Waals surface area contributed by atoms with Gasteiger partial charge in [-0.1, -0.05) is 17.7 Å². The number of nitro benzene ring substituents is 1. The van der Waals surface area contributed by atoms with Crippen molar-refractivity contribution in [1.82, 2.24) is 0 Å². The van der Waals surface area contributed by atoms with Crippen LogP contribution in [-0.2, 0) is 0 Å². The molecule has 2 rings (SSSR count). The normalized spacial score (nSPS) is 10.0. The maximum atomic E-state index is 12.0. The number of non-ortho nitro benzene ring substituents is 1. The Morgan fingerprint density at radius 2 is 1.95 bits per heavy atom. The number of nitro groups is 1. The lowest BCUT2D eigenvalue weighted by Crippen LogP contribution is -2.09. The minimum Gasteiger partial charge on any atom is -0.493 e. The van der Waals surface area contributed by atoms with Gasteiger partial charge in [0.05, 0.1) is 23.7 Å². The van der Waals surface area contributed by atoms with Crippen LogP contribution in [0.3, 0.4) is 0 Å². The number of hydrogen-bond donors (Lipinski definition) is 0. The highest BCUT2D eigenvalue weighted by Gasteiger charge is 2.16. The smallest absolute Gasteiger partial charge is 0.343 e. The Kier molecular flexibility index (Phi) is 4.39. The first-order valence-corrected chi connectivity index (χ1v) is 6.19. The van der Waals surface area contributed by atoms with E-state index in [-0.39, 0.29) is 22.7 Å². The molecule has 108 valence electrons. The van der Waals surface area contributed by atoms with E-state index in [1.165, 1.54) is 31.4 Å². The largest absolute Gasteiger partial charge is 0.493 e. The highest BCUT2D eigenvalue weighted by molar-refractivity contribution is 6.30. The van der Waals surface area contributed by atoms with Crippen molar-refractivity contribution in [3.63, 3.8) is 0 Å². The topological polar surface area (TPSA) is 78.7 Å². The molecule has 21 heavy (non-hydrogen) atoms. The lowest BCUT2D eigenvalue weighted by atomic mass is 10.2. The van der Waals surface area contributed by atoms with Crippen LogP contribution < -0.4 is 9.47 Å². The molecular formula is C14H10ClNO5. The highest BCUT2D eigenvalue weighted by atomic mass is 35.5. The molecule has 2 aromatic rings. The molecule has 6 nitrogen and oxygen atoms in total. The molecule has 0 aliphatic rings. The molecule has 2 aromatic carbocycles. The number of hydrogen-bond acceptors (Lipinski definition) is 5. The summed E-state index contributed by atoms with van der Waals surface area (Å²) in [5.74, 6) is -0.496. The lowest BCUT2D eigenvalue weighted by Gasteiger charge is -2.09. The quantitative estimate of drug-likeness (QED) is 0.374. The lowest BCUT2D eigenvalue weighted by molar-refractivity contribution is -0.384. The Balaban J connectivity index is 2.31. The summed E-state index contributed by atoms with van der Waals surface area (Å²) in [5.41, 5.74) is 0.0285. The van der Waals surface area contributed by atoms with Gasteiger partial charge in [-0.05, 0) is 24.3 Å². The number of carbonyl (C=O) groups excluding carboxylic acids is 1. The van der Waals surface area contributed by atoms with Crippen molar-refractivity contribution >= 4 is 23.3 Å². The van der Waals surface area contributed by atoms with Gasteiger partial charge >= 0.3 is 5.97 Å². The monoisotopic (exact) mass is 307 g/mol. The third-order valence-electron chi connectivity index (χ3n) is 2.62. The molecule has 7 heteroatoms. The fraction of sp³-hybridized carbons (Fsp3) is 0.0714. The minimum atomic E-state index is -0.684. The number of ether oxygens (including phenoxy) is 2. The van der Waals surface area contributed by atoms with E-state index in [1.54, 1.807) is 12.1 Å². The second-order valence-corrected chi connectivity index (χ2v) is 4.43. The van der Waals surface area contributed by atoms with Crippen molar-refractivity contribution in [3.8, 4) is 11.5 Å². The SMILES string of the molecule is COc1ccc([N+](=O)[O-])cc1OC(=O)c1cccc(Cl)c1. The number of nitrogens with zero attached hydrogens (tertiary/aromatic N) is 1. The molecule has 0 amide bonds.